The zero-order valence-corrected chi connectivity index (χ0v) is 13.5. The van der Waals surface area contributed by atoms with Gasteiger partial charge in [0, 0.05) is 21.5 Å². The number of thioether (sulfide) groups is 1. The van der Waals surface area contributed by atoms with Crippen LogP contribution in [-0.4, -0.2) is 16.6 Å². The summed E-state index contributed by atoms with van der Waals surface area (Å²) in [6.07, 6.45) is 0. The second kappa shape index (κ2) is 7.37. The topological polar surface area (TPSA) is 72.2 Å². The zero-order valence-electron chi connectivity index (χ0n) is 11.1. The first-order valence-electron chi connectivity index (χ1n) is 6.08. The number of nitro benzene ring substituents is 1. The second-order valence-electron chi connectivity index (χ2n) is 4.21. The molecule has 0 heterocycles. The molecular formula is C14H10BrFN2O3S. The highest BCUT2D eigenvalue weighted by atomic mass is 79.9. The molecule has 1 N–H and O–H groups in total. The summed E-state index contributed by atoms with van der Waals surface area (Å²) in [5.74, 6) is -0.442. The second-order valence-corrected chi connectivity index (χ2v) is 6.12. The van der Waals surface area contributed by atoms with Crippen LogP contribution >= 0.6 is 27.7 Å². The molecule has 0 aromatic heterocycles. The average Bonchev–Trinajstić information content (AvgIpc) is 2.48. The molecular weight excluding hydrogens is 375 g/mol. The maximum Gasteiger partial charge on any atom is 0.270 e. The number of halogens is 2. The van der Waals surface area contributed by atoms with Crippen molar-refractivity contribution in [1.29, 1.82) is 0 Å². The molecule has 2 rings (SSSR count). The van der Waals surface area contributed by atoms with Crippen molar-refractivity contribution < 1.29 is 14.1 Å². The van der Waals surface area contributed by atoms with E-state index in [1.165, 1.54) is 42.1 Å². The summed E-state index contributed by atoms with van der Waals surface area (Å²) in [7, 11) is 0. The van der Waals surface area contributed by atoms with Crippen LogP contribution < -0.4 is 5.32 Å². The number of hydrogen-bond donors (Lipinski definition) is 1. The Morgan fingerprint density at radius 1 is 1.27 bits per heavy atom. The highest BCUT2D eigenvalue weighted by molar-refractivity contribution is 9.10. The number of benzene rings is 2. The minimum Gasteiger partial charge on any atom is -0.324 e. The Kier molecular flexibility index (Phi) is 5.51. The molecule has 0 bridgehead atoms. The normalized spacial score (nSPS) is 10.3. The molecule has 0 aliphatic carbocycles. The van der Waals surface area contributed by atoms with Gasteiger partial charge in [-0.1, -0.05) is 0 Å². The van der Waals surface area contributed by atoms with Gasteiger partial charge >= 0.3 is 0 Å². The lowest BCUT2D eigenvalue weighted by molar-refractivity contribution is -0.384. The molecule has 8 heteroatoms. The number of anilines is 1. The third-order valence-electron chi connectivity index (χ3n) is 2.62. The Bertz CT molecular complexity index is 710. The van der Waals surface area contributed by atoms with Crippen molar-refractivity contribution in [3.8, 4) is 0 Å². The molecule has 1 amide bonds. The van der Waals surface area contributed by atoms with Crippen LogP contribution in [0.15, 0.2) is 51.8 Å². The third-order valence-corrected chi connectivity index (χ3v) is 4.29. The van der Waals surface area contributed by atoms with Crippen LogP contribution in [0.1, 0.15) is 0 Å². The minimum atomic E-state index is -0.513. The van der Waals surface area contributed by atoms with Crippen molar-refractivity contribution >= 4 is 45.0 Å². The Morgan fingerprint density at radius 3 is 2.55 bits per heavy atom. The number of nitrogens with zero attached hydrogens (tertiary/aromatic N) is 1. The molecule has 0 unspecified atom stereocenters. The van der Waals surface area contributed by atoms with Gasteiger partial charge in [0.15, 0.2) is 0 Å². The molecule has 22 heavy (non-hydrogen) atoms. The summed E-state index contributed by atoms with van der Waals surface area (Å²) in [5.41, 5.74) is 0.390. The predicted octanol–water partition coefficient (Wildman–Crippen LogP) is 4.23. The SMILES string of the molecule is O=C(CSc1ccc(F)cc1)Nc1ccc([N+](=O)[O-])cc1Br. The van der Waals surface area contributed by atoms with Gasteiger partial charge in [0.05, 0.1) is 16.4 Å². The Labute approximate surface area is 138 Å². The van der Waals surface area contributed by atoms with E-state index in [4.69, 9.17) is 0 Å². The summed E-state index contributed by atoms with van der Waals surface area (Å²) in [4.78, 5) is 22.8. The van der Waals surface area contributed by atoms with Crippen molar-refractivity contribution in [2.24, 2.45) is 0 Å². The fourth-order valence-electron chi connectivity index (χ4n) is 1.58. The van der Waals surface area contributed by atoms with Crippen molar-refractivity contribution in [1.82, 2.24) is 0 Å². The van der Waals surface area contributed by atoms with Gasteiger partial charge in [0.2, 0.25) is 5.91 Å². The van der Waals surface area contributed by atoms with Crippen LogP contribution in [0.3, 0.4) is 0 Å². The van der Waals surface area contributed by atoms with Gasteiger partial charge in [-0.15, -0.1) is 11.8 Å². The van der Waals surface area contributed by atoms with Crippen LogP contribution in [0.2, 0.25) is 0 Å². The Balaban J connectivity index is 1.94. The van der Waals surface area contributed by atoms with Gasteiger partial charge in [0.1, 0.15) is 5.82 Å². The number of amides is 1. The Hall–Kier alpha value is -1.93. The van der Waals surface area contributed by atoms with Gasteiger partial charge in [0.25, 0.3) is 5.69 Å². The van der Waals surface area contributed by atoms with Gasteiger partial charge in [-0.05, 0) is 46.3 Å². The summed E-state index contributed by atoms with van der Waals surface area (Å²) < 4.78 is 13.2. The first-order chi connectivity index (χ1) is 10.5. The van der Waals surface area contributed by atoms with E-state index < -0.39 is 4.92 Å². The highest BCUT2D eigenvalue weighted by Crippen LogP contribution is 2.27. The maximum absolute atomic E-state index is 12.8. The van der Waals surface area contributed by atoms with E-state index in [2.05, 4.69) is 21.2 Å². The highest BCUT2D eigenvalue weighted by Gasteiger charge is 2.11. The molecule has 2 aromatic rings. The zero-order chi connectivity index (χ0) is 16.1. The van der Waals surface area contributed by atoms with E-state index in [9.17, 15) is 19.3 Å². The van der Waals surface area contributed by atoms with Crippen LogP contribution in [-0.2, 0) is 4.79 Å². The fourth-order valence-corrected chi connectivity index (χ4v) is 2.75. The van der Waals surface area contributed by atoms with E-state index in [1.807, 2.05) is 0 Å². The summed E-state index contributed by atoms with van der Waals surface area (Å²) >= 11 is 4.45. The lowest BCUT2D eigenvalue weighted by Crippen LogP contribution is -2.14. The standard InChI is InChI=1S/C14H10BrFN2O3S/c15-12-7-10(18(20)21)3-6-13(12)17-14(19)8-22-11-4-1-9(16)2-5-11/h1-7H,8H2,(H,17,19). The molecule has 0 saturated heterocycles. The van der Waals surface area contributed by atoms with E-state index in [-0.39, 0.29) is 23.2 Å². The first kappa shape index (κ1) is 16.4. The average molecular weight is 385 g/mol. The van der Waals surface area contributed by atoms with Gasteiger partial charge in [-0.2, -0.15) is 0 Å². The molecule has 0 aliphatic rings. The predicted molar refractivity (Wildman–Crippen MR) is 86.6 cm³/mol. The van der Waals surface area contributed by atoms with Crippen LogP contribution in [0, 0.1) is 15.9 Å². The number of carbonyl (C=O) groups is 1. The van der Waals surface area contributed by atoms with Crippen molar-refractivity contribution in [2.45, 2.75) is 4.90 Å². The Morgan fingerprint density at radius 2 is 1.95 bits per heavy atom. The smallest absolute Gasteiger partial charge is 0.270 e. The first-order valence-corrected chi connectivity index (χ1v) is 7.86. The number of hydrogen-bond acceptors (Lipinski definition) is 4. The van der Waals surface area contributed by atoms with Crippen LogP contribution in [0.4, 0.5) is 15.8 Å². The number of non-ortho nitro benzene ring substituents is 1. The molecule has 0 saturated carbocycles. The fraction of sp³-hybridized carbons (Fsp3) is 0.0714. The summed E-state index contributed by atoms with van der Waals surface area (Å²) in [6, 6.07) is 9.93. The molecule has 0 radical (unpaired) electrons. The number of rotatable bonds is 5. The van der Waals surface area contributed by atoms with Crippen LogP contribution in [0.5, 0.6) is 0 Å². The minimum absolute atomic E-state index is 0.0643. The molecule has 0 spiro atoms. The molecule has 0 aliphatic heterocycles. The largest absolute Gasteiger partial charge is 0.324 e. The van der Waals surface area contributed by atoms with Crippen LogP contribution in [0.25, 0.3) is 0 Å². The molecule has 2 aromatic carbocycles. The summed E-state index contributed by atoms with van der Waals surface area (Å²) in [5, 5.41) is 13.3. The van der Waals surface area contributed by atoms with E-state index in [0.717, 1.165) is 4.90 Å². The molecule has 0 fully saturated rings. The summed E-state index contributed by atoms with van der Waals surface area (Å²) in [6.45, 7) is 0. The molecule has 114 valence electrons. The third kappa shape index (κ3) is 4.54. The molecule has 0 atom stereocenters. The van der Waals surface area contributed by atoms with Gasteiger partial charge < -0.3 is 5.32 Å². The monoisotopic (exact) mass is 384 g/mol. The maximum atomic E-state index is 12.8. The van der Waals surface area contributed by atoms with Crippen molar-refractivity contribution in [2.75, 3.05) is 11.1 Å². The van der Waals surface area contributed by atoms with Crippen molar-refractivity contribution in [3.05, 3.63) is 62.9 Å². The van der Waals surface area contributed by atoms with Gasteiger partial charge in [-0.3, -0.25) is 14.9 Å². The molecule has 5 nitrogen and oxygen atoms in total. The van der Waals surface area contributed by atoms with E-state index in [1.54, 1.807) is 12.1 Å². The quantitative estimate of drug-likeness (QED) is 0.475. The number of nitro groups is 1. The van der Waals surface area contributed by atoms with Crippen molar-refractivity contribution in [3.63, 3.8) is 0 Å². The van der Waals surface area contributed by atoms with Gasteiger partial charge in [-0.25, -0.2) is 4.39 Å². The van der Waals surface area contributed by atoms with E-state index >= 15 is 0 Å². The number of carbonyl (C=O) groups excluding carboxylic acids is 1. The van der Waals surface area contributed by atoms with E-state index in [0.29, 0.717) is 10.2 Å². The number of nitrogens with one attached hydrogen (secondary N) is 1. The lowest BCUT2D eigenvalue weighted by atomic mass is 10.3. The lowest BCUT2D eigenvalue weighted by Gasteiger charge is -2.07.